The van der Waals surface area contributed by atoms with Crippen molar-refractivity contribution in [3.05, 3.63) is 0 Å². The summed E-state index contributed by atoms with van der Waals surface area (Å²) in [6, 6.07) is 0. The zero-order chi connectivity index (χ0) is 12.8. The molecule has 1 N–H and O–H groups in total. The molecule has 0 spiro atoms. The zero-order valence-electron chi connectivity index (χ0n) is 11.2. The first kappa shape index (κ1) is 14.8. The molecule has 3 nitrogen and oxygen atoms in total. The third kappa shape index (κ3) is 4.88. The van der Waals surface area contributed by atoms with Crippen molar-refractivity contribution in [2.45, 2.75) is 38.9 Å². The van der Waals surface area contributed by atoms with E-state index in [1.54, 1.807) is 11.8 Å². The minimum absolute atomic E-state index is 0.0254. The molecule has 1 rings (SSSR count). The van der Waals surface area contributed by atoms with Gasteiger partial charge in [-0.1, -0.05) is 13.8 Å². The molecule has 100 valence electrons. The fourth-order valence-electron chi connectivity index (χ4n) is 1.92. The van der Waals surface area contributed by atoms with Gasteiger partial charge in [-0.2, -0.15) is 0 Å². The summed E-state index contributed by atoms with van der Waals surface area (Å²) in [6.45, 7) is 8.28. The molecule has 0 aliphatic carbocycles. The Kier molecular flexibility index (Phi) is 6.34. The average Bonchev–Trinajstić information content (AvgIpc) is 2.35. The minimum Gasteiger partial charge on any atom is -0.396 e. The lowest BCUT2D eigenvalue weighted by atomic mass is 9.99. The highest BCUT2D eigenvalue weighted by molar-refractivity contribution is 8.00. The van der Waals surface area contributed by atoms with Crippen LogP contribution in [0.5, 0.6) is 0 Å². The summed E-state index contributed by atoms with van der Waals surface area (Å²) in [5.74, 6) is 2.16. The Balaban J connectivity index is 2.31. The molecule has 1 aliphatic rings. The van der Waals surface area contributed by atoms with Crippen molar-refractivity contribution in [2.24, 2.45) is 11.8 Å². The molecule has 1 aliphatic heterocycles. The summed E-state index contributed by atoms with van der Waals surface area (Å²) in [4.78, 5) is 14.1. The summed E-state index contributed by atoms with van der Waals surface area (Å²) < 4.78 is 0. The first-order chi connectivity index (χ1) is 8.04. The van der Waals surface area contributed by atoms with E-state index in [2.05, 4.69) is 6.92 Å². The van der Waals surface area contributed by atoms with Gasteiger partial charge in [0.2, 0.25) is 5.91 Å². The molecule has 0 aromatic rings. The fraction of sp³-hybridized carbons (Fsp3) is 0.923. The standard InChI is InChI=1S/C13H25NO2S/c1-10-4-6-14(7-5-10)13(16)12(3)17-9-11(2)8-15/h10-12,15H,4-9H2,1-3H3. The van der Waals surface area contributed by atoms with Crippen LogP contribution in [-0.4, -0.2) is 46.6 Å². The van der Waals surface area contributed by atoms with Gasteiger partial charge in [-0.3, -0.25) is 4.79 Å². The van der Waals surface area contributed by atoms with E-state index in [4.69, 9.17) is 5.11 Å². The number of rotatable bonds is 5. The number of hydrogen-bond acceptors (Lipinski definition) is 3. The molecule has 1 amide bonds. The van der Waals surface area contributed by atoms with Crippen LogP contribution in [-0.2, 0) is 4.79 Å². The van der Waals surface area contributed by atoms with Gasteiger partial charge in [0.1, 0.15) is 0 Å². The third-order valence-electron chi connectivity index (χ3n) is 3.39. The Hall–Kier alpha value is -0.220. The van der Waals surface area contributed by atoms with Crippen molar-refractivity contribution < 1.29 is 9.90 Å². The van der Waals surface area contributed by atoms with Crippen molar-refractivity contribution >= 4 is 17.7 Å². The first-order valence-electron chi connectivity index (χ1n) is 6.55. The largest absolute Gasteiger partial charge is 0.396 e. The number of likely N-dealkylation sites (tertiary alicyclic amines) is 1. The number of amides is 1. The van der Waals surface area contributed by atoms with Crippen molar-refractivity contribution in [3.63, 3.8) is 0 Å². The van der Waals surface area contributed by atoms with Crippen molar-refractivity contribution in [1.82, 2.24) is 4.90 Å². The summed E-state index contributed by atoms with van der Waals surface area (Å²) in [7, 11) is 0. The van der Waals surface area contributed by atoms with Crippen LogP contribution in [0.15, 0.2) is 0 Å². The minimum atomic E-state index is 0.0254. The molecule has 4 heteroatoms. The molecule has 0 aromatic carbocycles. The molecule has 2 unspecified atom stereocenters. The second-order valence-electron chi connectivity index (χ2n) is 5.27. The van der Waals surface area contributed by atoms with Gasteiger partial charge in [-0.25, -0.2) is 0 Å². The fourth-order valence-corrected chi connectivity index (χ4v) is 2.93. The Bertz CT molecular complexity index is 240. The number of aliphatic hydroxyl groups is 1. The van der Waals surface area contributed by atoms with E-state index in [1.165, 1.54) is 0 Å². The molecule has 0 aromatic heterocycles. The quantitative estimate of drug-likeness (QED) is 0.821. The number of piperidine rings is 1. The van der Waals surface area contributed by atoms with Gasteiger partial charge < -0.3 is 10.0 Å². The molecule has 2 atom stereocenters. The molecule has 1 saturated heterocycles. The number of nitrogens with zero attached hydrogens (tertiary/aromatic N) is 1. The van der Waals surface area contributed by atoms with Crippen molar-refractivity contribution in [1.29, 1.82) is 0 Å². The van der Waals surface area contributed by atoms with Crippen LogP contribution < -0.4 is 0 Å². The van der Waals surface area contributed by atoms with Crippen LogP contribution in [0.25, 0.3) is 0 Å². The lowest BCUT2D eigenvalue weighted by Crippen LogP contribution is -2.42. The molecule has 1 heterocycles. The number of carbonyl (C=O) groups is 1. The van der Waals surface area contributed by atoms with Gasteiger partial charge in [-0.05, 0) is 37.4 Å². The van der Waals surface area contributed by atoms with Gasteiger partial charge in [0.15, 0.2) is 0 Å². The second-order valence-corrected chi connectivity index (χ2v) is 6.64. The number of thioether (sulfide) groups is 1. The SMILES string of the molecule is CC1CCN(C(=O)C(C)SCC(C)CO)CC1. The molecule has 17 heavy (non-hydrogen) atoms. The monoisotopic (exact) mass is 259 g/mol. The second kappa shape index (κ2) is 7.27. The molecule has 0 bridgehead atoms. The predicted octanol–water partition coefficient (Wildman–Crippen LogP) is 1.99. The van der Waals surface area contributed by atoms with Gasteiger partial charge in [0, 0.05) is 19.7 Å². The van der Waals surface area contributed by atoms with E-state index in [0.717, 1.165) is 37.6 Å². The van der Waals surface area contributed by atoms with Gasteiger partial charge in [0.25, 0.3) is 0 Å². The Morgan fingerprint density at radius 1 is 1.41 bits per heavy atom. The van der Waals surface area contributed by atoms with Gasteiger partial charge in [-0.15, -0.1) is 11.8 Å². The number of aliphatic hydroxyl groups excluding tert-OH is 1. The molecule has 0 saturated carbocycles. The third-order valence-corrected chi connectivity index (χ3v) is 4.85. The lowest BCUT2D eigenvalue weighted by molar-refractivity contribution is -0.131. The summed E-state index contributed by atoms with van der Waals surface area (Å²) in [5.41, 5.74) is 0. The van der Waals surface area contributed by atoms with E-state index >= 15 is 0 Å². The van der Waals surface area contributed by atoms with E-state index in [9.17, 15) is 4.79 Å². The molecular formula is C13H25NO2S. The van der Waals surface area contributed by atoms with Crippen LogP contribution in [0.1, 0.15) is 33.6 Å². The molecule has 1 fully saturated rings. The normalized spacial score (nSPS) is 21.3. The Labute approximate surface area is 109 Å². The maximum Gasteiger partial charge on any atom is 0.235 e. The van der Waals surface area contributed by atoms with Crippen LogP contribution in [0.4, 0.5) is 0 Å². The van der Waals surface area contributed by atoms with Crippen molar-refractivity contribution in [2.75, 3.05) is 25.4 Å². The number of carbonyl (C=O) groups excluding carboxylic acids is 1. The summed E-state index contributed by atoms with van der Waals surface area (Å²) >= 11 is 1.66. The maximum atomic E-state index is 12.1. The van der Waals surface area contributed by atoms with E-state index in [-0.39, 0.29) is 23.7 Å². The topological polar surface area (TPSA) is 40.5 Å². The predicted molar refractivity (Wildman–Crippen MR) is 73.1 cm³/mol. The highest BCUT2D eigenvalue weighted by Gasteiger charge is 2.24. The molecule has 0 radical (unpaired) electrons. The van der Waals surface area contributed by atoms with Crippen LogP contribution >= 0.6 is 11.8 Å². The van der Waals surface area contributed by atoms with E-state index in [0.29, 0.717) is 0 Å². The Morgan fingerprint density at radius 2 is 2.00 bits per heavy atom. The van der Waals surface area contributed by atoms with Crippen LogP contribution in [0.3, 0.4) is 0 Å². The highest BCUT2D eigenvalue weighted by Crippen LogP contribution is 2.21. The maximum absolute atomic E-state index is 12.1. The first-order valence-corrected chi connectivity index (χ1v) is 7.60. The summed E-state index contributed by atoms with van der Waals surface area (Å²) in [6.07, 6.45) is 2.27. The van der Waals surface area contributed by atoms with E-state index < -0.39 is 0 Å². The highest BCUT2D eigenvalue weighted by atomic mass is 32.2. The smallest absolute Gasteiger partial charge is 0.235 e. The molecular weight excluding hydrogens is 234 g/mol. The van der Waals surface area contributed by atoms with Gasteiger partial charge >= 0.3 is 0 Å². The Morgan fingerprint density at radius 3 is 2.53 bits per heavy atom. The summed E-state index contributed by atoms with van der Waals surface area (Å²) in [5, 5.41) is 8.98. The average molecular weight is 259 g/mol. The van der Waals surface area contributed by atoms with Crippen LogP contribution in [0.2, 0.25) is 0 Å². The number of hydrogen-bond donors (Lipinski definition) is 1. The van der Waals surface area contributed by atoms with E-state index in [1.807, 2.05) is 18.7 Å². The van der Waals surface area contributed by atoms with Gasteiger partial charge in [0.05, 0.1) is 5.25 Å². The lowest BCUT2D eigenvalue weighted by Gasteiger charge is -2.32. The van der Waals surface area contributed by atoms with Crippen molar-refractivity contribution in [3.8, 4) is 0 Å². The van der Waals surface area contributed by atoms with Crippen LogP contribution in [0, 0.1) is 11.8 Å². The zero-order valence-corrected chi connectivity index (χ0v) is 12.0.